The van der Waals surface area contributed by atoms with Gasteiger partial charge in [0, 0.05) is 29.8 Å². The molecule has 1 heterocycles. The Hall–Kier alpha value is -2.28. The first kappa shape index (κ1) is 20.5. The van der Waals surface area contributed by atoms with Gasteiger partial charge >= 0.3 is 6.03 Å². The first-order valence-corrected chi connectivity index (χ1v) is 10.2. The van der Waals surface area contributed by atoms with Crippen molar-refractivity contribution < 1.29 is 14.4 Å². The van der Waals surface area contributed by atoms with Crippen molar-refractivity contribution >= 4 is 35.1 Å². The van der Waals surface area contributed by atoms with Crippen LogP contribution in [0.1, 0.15) is 44.1 Å². The molecule has 1 saturated carbocycles. The smallest absolute Gasteiger partial charge is 0.318 e. The zero-order valence-corrected chi connectivity index (χ0v) is 16.8. The van der Waals surface area contributed by atoms with E-state index >= 15 is 0 Å². The van der Waals surface area contributed by atoms with E-state index in [4.69, 9.17) is 11.6 Å². The summed E-state index contributed by atoms with van der Waals surface area (Å²) in [6.07, 6.45) is 5.24. The number of carbonyl (C=O) groups excluding carboxylic acids is 3. The van der Waals surface area contributed by atoms with Crippen LogP contribution in [0, 0.1) is 6.92 Å². The van der Waals surface area contributed by atoms with Crippen LogP contribution in [-0.2, 0) is 9.59 Å². The third kappa shape index (κ3) is 5.16. The molecule has 3 N–H and O–H groups in total. The summed E-state index contributed by atoms with van der Waals surface area (Å²) < 4.78 is 0. The van der Waals surface area contributed by atoms with Crippen LogP contribution in [0.4, 0.5) is 10.5 Å². The Morgan fingerprint density at radius 2 is 2.00 bits per heavy atom. The summed E-state index contributed by atoms with van der Waals surface area (Å²) in [5, 5.41) is 9.10. The maximum Gasteiger partial charge on any atom is 0.318 e. The lowest BCUT2D eigenvalue weighted by Gasteiger charge is -2.36. The van der Waals surface area contributed by atoms with Crippen molar-refractivity contribution in [1.29, 1.82) is 0 Å². The van der Waals surface area contributed by atoms with Crippen LogP contribution in [0.25, 0.3) is 0 Å². The Kier molecular flexibility index (Phi) is 6.78. The van der Waals surface area contributed by atoms with E-state index in [2.05, 4.69) is 16.0 Å². The molecule has 1 unspecified atom stereocenters. The van der Waals surface area contributed by atoms with Gasteiger partial charge in [-0.25, -0.2) is 4.79 Å². The van der Waals surface area contributed by atoms with Gasteiger partial charge in [0.15, 0.2) is 0 Å². The van der Waals surface area contributed by atoms with E-state index in [9.17, 15) is 14.4 Å². The standard InChI is InChI=1S/C20H27ClN4O3/c1-13-7-8-14(21)11-16(13)24-18(26)12-17-19(27)22-9-10-25(17)20(28)23-15-5-3-2-4-6-15/h7-8,11,15,17H,2-6,9-10,12H2,1H3,(H,22,27)(H,23,28)(H,24,26). The predicted octanol–water partition coefficient (Wildman–Crippen LogP) is 2.82. The van der Waals surface area contributed by atoms with E-state index in [1.165, 1.54) is 11.3 Å². The zero-order valence-electron chi connectivity index (χ0n) is 16.1. The number of urea groups is 1. The fourth-order valence-corrected chi connectivity index (χ4v) is 3.94. The molecular formula is C20H27ClN4O3. The number of anilines is 1. The van der Waals surface area contributed by atoms with Gasteiger partial charge in [-0.3, -0.25) is 9.59 Å². The van der Waals surface area contributed by atoms with E-state index in [1.54, 1.807) is 12.1 Å². The molecule has 152 valence electrons. The second-order valence-electron chi connectivity index (χ2n) is 7.50. The lowest BCUT2D eigenvalue weighted by atomic mass is 9.95. The average molecular weight is 407 g/mol. The van der Waals surface area contributed by atoms with Gasteiger partial charge in [-0.2, -0.15) is 0 Å². The van der Waals surface area contributed by atoms with Gasteiger partial charge in [0.2, 0.25) is 11.8 Å². The number of amides is 4. The Morgan fingerprint density at radius 1 is 1.25 bits per heavy atom. The third-order valence-electron chi connectivity index (χ3n) is 5.38. The largest absolute Gasteiger partial charge is 0.353 e. The highest BCUT2D eigenvalue weighted by molar-refractivity contribution is 6.31. The van der Waals surface area contributed by atoms with Crippen LogP contribution in [0.2, 0.25) is 5.02 Å². The maximum absolute atomic E-state index is 12.7. The summed E-state index contributed by atoms with van der Waals surface area (Å²) in [4.78, 5) is 39.2. The van der Waals surface area contributed by atoms with Crippen molar-refractivity contribution in [2.75, 3.05) is 18.4 Å². The van der Waals surface area contributed by atoms with Crippen molar-refractivity contribution in [3.05, 3.63) is 28.8 Å². The summed E-state index contributed by atoms with van der Waals surface area (Å²) in [7, 11) is 0. The first-order chi connectivity index (χ1) is 13.4. The van der Waals surface area contributed by atoms with Gasteiger partial charge in [-0.1, -0.05) is 36.9 Å². The first-order valence-electron chi connectivity index (χ1n) is 9.85. The van der Waals surface area contributed by atoms with E-state index in [0.717, 1.165) is 31.2 Å². The monoisotopic (exact) mass is 406 g/mol. The number of rotatable bonds is 4. The van der Waals surface area contributed by atoms with Crippen molar-refractivity contribution in [3.8, 4) is 0 Å². The fraction of sp³-hybridized carbons (Fsp3) is 0.550. The lowest BCUT2D eigenvalue weighted by Crippen LogP contribution is -2.61. The van der Waals surface area contributed by atoms with E-state index in [0.29, 0.717) is 23.8 Å². The van der Waals surface area contributed by atoms with Gasteiger partial charge in [0.1, 0.15) is 6.04 Å². The molecule has 1 aliphatic heterocycles. The molecule has 3 rings (SSSR count). The number of carbonyl (C=O) groups is 3. The molecule has 1 aliphatic carbocycles. The van der Waals surface area contributed by atoms with Crippen LogP contribution in [0.5, 0.6) is 0 Å². The minimum Gasteiger partial charge on any atom is -0.353 e. The topological polar surface area (TPSA) is 90.5 Å². The molecule has 7 nitrogen and oxygen atoms in total. The quantitative estimate of drug-likeness (QED) is 0.718. The summed E-state index contributed by atoms with van der Waals surface area (Å²) in [5.74, 6) is -0.633. The van der Waals surface area contributed by atoms with Crippen LogP contribution in [-0.4, -0.2) is 47.9 Å². The highest BCUT2D eigenvalue weighted by atomic mass is 35.5. The molecule has 0 spiro atoms. The van der Waals surface area contributed by atoms with Crippen LogP contribution in [0.15, 0.2) is 18.2 Å². The molecule has 1 atom stereocenters. The van der Waals surface area contributed by atoms with Crippen molar-refractivity contribution in [2.24, 2.45) is 0 Å². The molecule has 1 saturated heterocycles. The third-order valence-corrected chi connectivity index (χ3v) is 5.61. The number of piperazine rings is 1. The SMILES string of the molecule is Cc1ccc(Cl)cc1NC(=O)CC1C(=O)NCCN1C(=O)NC1CCCCC1. The summed E-state index contributed by atoms with van der Waals surface area (Å²) in [6, 6.07) is 4.29. The number of nitrogens with zero attached hydrogens (tertiary/aromatic N) is 1. The maximum atomic E-state index is 12.7. The van der Waals surface area contributed by atoms with Gasteiger partial charge < -0.3 is 20.9 Å². The van der Waals surface area contributed by atoms with Gasteiger partial charge in [0.05, 0.1) is 6.42 Å². The highest BCUT2D eigenvalue weighted by Crippen LogP contribution is 2.21. The van der Waals surface area contributed by atoms with Gasteiger partial charge in [-0.15, -0.1) is 0 Å². The summed E-state index contributed by atoms with van der Waals surface area (Å²) >= 11 is 6.00. The van der Waals surface area contributed by atoms with Crippen LogP contribution < -0.4 is 16.0 Å². The number of hydrogen-bond acceptors (Lipinski definition) is 3. The Bertz CT molecular complexity index is 749. The minimum absolute atomic E-state index is 0.101. The van der Waals surface area contributed by atoms with Gasteiger partial charge in [-0.05, 0) is 37.5 Å². The molecule has 2 aliphatic rings. The second-order valence-corrected chi connectivity index (χ2v) is 7.93. The lowest BCUT2D eigenvalue weighted by molar-refractivity contribution is -0.131. The molecule has 0 bridgehead atoms. The molecule has 8 heteroatoms. The van der Waals surface area contributed by atoms with Crippen molar-refractivity contribution in [2.45, 2.75) is 57.5 Å². The fourth-order valence-electron chi connectivity index (χ4n) is 3.77. The zero-order chi connectivity index (χ0) is 20.1. The van der Waals surface area contributed by atoms with Crippen molar-refractivity contribution in [1.82, 2.24) is 15.5 Å². The highest BCUT2D eigenvalue weighted by Gasteiger charge is 2.35. The van der Waals surface area contributed by atoms with Crippen LogP contribution >= 0.6 is 11.6 Å². The van der Waals surface area contributed by atoms with E-state index in [-0.39, 0.29) is 30.3 Å². The molecule has 0 aromatic heterocycles. The number of nitrogens with one attached hydrogen (secondary N) is 3. The molecule has 28 heavy (non-hydrogen) atoms. The Morgan fingerprint density at radius 3 is 2.75 bits per heavy atom. The predicted molar refractivity (Wildman–Crippen MR) is 108 cm³/mol. The second kappa shape index (κ2) is 9.28. The molecule has 4 amide bonds. The Balaban J connectivity index is 1.64. The minimum atomic E-state index is -0.822. The molecule has 2 fully saturated rings. The van der Waals surface area contributed by atoms with E-state index < -0.39 is 6.04 Å². The van der Waals surface area contributed by atoms with Crippen LogP contribution in [0.3, 0.4) is 0 Å². The average Bonchev–Trinajstić information content (AvgIpc) is 2.67. The Labute approximate surface area is 170 Å². The number of benzene rings is 1. The molecule has 1 aromatic rings. The molecule has 1 aromatic carbocycles. The molecule has 0 radical (unpaired) electrons. The van der Waals surface area contributed by atoms with Gasteiger partial charge in [0.25, 0.3) is 0 Å². The van der Waals surface area contributed by atoms with Crippen molar-refractivity contribution in [3.63, 3.8) is 0 Å². The number of hydrogen-bond donors (Lipinski definition) is 3. The normalized spacial score (nSPS) is 20.4. The summed E-state index contributed by atoms with van der Waals surface area (Å²) in [6.45, 7) is 2.64. The molecular weight excluding hydrogens is 380 g/mol. The van der Waals surface area contributed by atoms with E-state index in [1.807, 2.05) is 13.0 Å². The number of halogens is 1. The number of aryl methyl sites for hydroxylation is 1. The summed E-state index contributed by atoms with van der Waals surface area (Å²) in [5.41, 5.74) is 1.48.